The highest BCUT2D eigenvalue weighted by molar-refractivity contribution is 6.06. The molecule has 0 aliphatic rings. The van der Waals surface area contributed by atoms with E-state index in [1.54, 1.807) is 44.2 Å². The lowest BCUT2D eigenvalue weighted by atomic mass is 10.1. The lowest BCUT2D eigenvalue weighted by Crippen LogP contribution is -2.32. The van der Waals surface area contributed by atoms with Gasteiger partial charge in [0.15, 0.2) is 0 Å². The molecule has 5 N–H and O–H groups in total. The van der Waals surface area contributed by atoms with Crippen LogP contribution in [0.3, 0.4) is 0 Å². The zero-order chi connectivity index (χ0) is 30.6. The topological polar surface area (TPSA) is 142 Å². The van der Waals surface area contributed by atoms with E-state index >= 15 is 0 Å². The van der Waals surface area contributed by atoms with Gasteiger partial charge in [-0.2, -0.15) is 13.2 Å². The van der Waals surface area contributed by atoms with Crippen LogP contribution in [-0.4, -0.2) is 34.9 Å². The van der Waals surface area contributed by atoms with Crippen LogP contribution < -0.4 is 26.6 Å². The number of rotatable bonds is 7. The van der Waals surface area contributed by atoms with Gasteiger partial charge in [-0.15, -0.1) is 0 Å². The zero-order valence-electron chi connectivity index (χ0n) is 22.7. The number of urea groups is 1. The molecule has 0 saturated carbocycles. The minimum Gasteiger partial charge on any atom is -0.366 e. The van der Waals surface area contributed by atoms with Crippen molar-refractivity contribution in [2.75, 3.05) is 27.9 Å². The van der Waals surface area contributed by atoms with Crippen molar-refractivity contribution in [3.8, 4) is 0 Å². The molecular weight excluding hydrogens is 551 g/mol. The van der Waals surface area contributed by atoms with Crippen LogP contribution in [0.25, 0.3) is 0 Å². The van der Waals surface area contributed by atoms with Gasteiger partial charge in [0.05, 0.1) is 16.8 Å². The number of amides is 4. The fraction of sp³-hybridized carbons (Fsp3) is 0.138. The second-order valence-electron chi connectivity index (χ2n) is 9.30. The van der Waals surface area contributed by atoms with Crippen molar-refractivity contribution in [1.29, 1.82) is 0 Å². The fourth-order valence-corrected chi connectivity index (χ4v) is 4.01. The molecule has 0 fully saturated rings. The molecule has 1 heterocycles. The zero-order valence-corrected chi connectivity index (χ0v) is 22.7. The minimum atomic E-state index is -4.59. The van der Waals surface area contributed by atoms with Crippen molar-refractivity contribution in [3.63, 3.8) is 0 Å². The number of aryl methyl sites for hydroxylation is 2. The largest absolute Gasteiger partial charge is 0.416 e. The first-order chi connectivity index (χ1) is 19.8. The van der Waals surface area contributed by atoms with Crippen molar-refractivity contribution in [1.82, 2.24) is 9.97 Å². The summed E-state index contributed by atoms with van der Waals surface area (Å²) in [6.45, 7) is 3.49. The molecule has 0 spiro atoms. The molecule has 4 amide bonds. The lowest BCUT2D eigenvalue weighted by molar-refractivity contribution is -0.137. The Hall–Kier alpha value is -5.46. The number of primary amides is 1. The number of carbonyl (C=O) groups is 3. The van der Waals surface area contributed by atoms with Gasteiger partial charge in [-0.25, -0.2) is 14.8 Å². The van der Waals surface area contributed by atoms with Crippen molar-refractivity contribution in [2.24, 2.45) is 5.73 Å². The molecule has 0 atom stereocenters. The first-order valence-electron chi connectivity index (χ1n) is 12.5. The van der Waals surface area contributed by atoms with Crippen LogP contribution in [0.2, 0.25) is 0 Å². The van der Waals surface area contributed by atoms with E-state index in [0.29, 0.717) is 33.9 Å². The van der Waals surface area contributed by atoms with Gasteiger partial charge in [-0.1, -0.05) is 24.3 Å². The van der Waals surface area contributed by atoms with Gasteiger partial charge in [0.1, 0.15) is 18.0 Å². The van der Waals surface area contributed by atoms with E-state index in [9.17, 15) is 27.6 Å². The van der Waals surface area contributed by atoms with E-state index in [-0.39, 0.29) is 17.1 Å². The van der Waals surface area contributed by atoms with Gasteiger partial charge in [-0.05, 0) is 61.4 Å². The Bertz CT molecular complexity index is 1670. The Balaban J connectivity index is 1.48. The van der Waals surface area contributed by atoms with E-state index < -0.39 is 29.6 Å². The predicted molar refractivity (Wildman–Crippen MR) is 153 cm³/mol. The molecule has 0 saturated heterocycles. The number of nitrogens with one attached hydrogen (secondary N) is 3. The molecule has 0 radical (unpaired) electrons. The third kappa shape index (κ3) is 6.81. The first kappa shape index (κ1) is 29.5. The Morgan fingerprint density at radius 3 is 2.31 bits per heavy atom. The fourth-order valence-electron chi connectivity index (χ4n) is 4.01. The van der Waals surface area contributed by atoms with Crippen LogP contribution in [0, 0.1) is 13.8 Å². The number of nitrogens with two attached hydrogens (primary N) is 1. The van der Waals surface area contributed by atoms with Gasteiger partial charge in [0, 0.05) is 30.1 Å². The third-order valence-electron chi connectivity index (χ3n) is 6.27. The highest BCUT2D eigenvalue weighted by Crippen LogP contribution is 2.30. The molecule has 0 aliphatic heterocycles. The number of hydrogen-bond donors (Lipinski definition) is 4. The van der Waals surface area contributed by atoms with E-state index in [4.69, 9.17) is 5.73 Å². The van der Waals surface area contributed by atoms with Gasteiger partial charge < -0.3 is 21.7 Å². The number of anilines is 5. The summed E-state index contributed by atoms with van der Waals surface area (Å²) in [6, 6.07) is 14.9. The van der Waals surface area contributed by atoms with E-state index in [0.717, 1.165) is 18.2 Å². The van der Waals surface area contributed by atoms with Crippen LogP contribution in [0.15, 0.2) is 73.1 Å². The number of alkyl halides is 3. The summed E-state index contributed by atoms with van der Waals surface area (Å²) in [6.07, 6.45) is -3.34. The van der Waals surface area contributed by atoms with Crippen molar-refractivity contribution >= 4 is 46.5 Å². The van der Waals surface area contributed by atoms with Crippen LogP contribution in [0.1, 0.15) is 37.4 Å². The molecule has 1 aromatic heterocycles. The molecule has 216 valence electrons. The summed E-state index contributed by atoms with van der Waals surface area (Å²) in [5, 5.41) is 8.31. The Labute approximate surface area is 238 Å². The maximum Gasteiger partial charge on any atom is 0.416 e. The minimum absolute atomic E-state index is 0.169. The summed E-state index contributed by atoms with van der Waals surface area (Å²) >= 11 is 0. The molecule has 0 aliphatic carbocycles. The van der Waals surface area contributed by atoms with E-state index in [1.807, 2.05) is 0 Å². The van der Waals surface area contributed by atoms with Crippen molar-refractivity contribution in [3.05, 3.63) is 101 Å². The number of hydrogen-bond acceptors (Lipinski definition) is 6. The number of benzene rings is 3. The molecule has 0 unspecified atom stereocenters. The lowest BCUT2D eigenvalue weighted by Gasteiger charge is -2.19. The third-order valence-corrected chi connectivity index (χ3v) is 6.27. The standard InChI is InChI=1S/C29H26F3N7O3/c1-16-10-11-20(36-27(41)18-7-5-8-19(12-18)29(30,31)32)13-22(16)38-28(42)39(3)24-14-23(34-15-35-24)37-21-9-4-6-17(2)25(21)26(33)40/h4-15H,1-3H3,(H2,33,40)(H,36,41)(H,38,42)(H,34,35,37). The average Bonchev–Trinajstić information content (AvgIpc) is 2.94. The molecule has 13 heteroatoms. The SMILES string of the molecule is Cc1ccc(NC(=O)c2cccc(C(F)(F)F)c2)cc1NC(=O)N(C)c1cc(Nc2cccc(C)c2C(N)=O)ncn1. The molecule has 0 bridgehead atoms. The quantitative estimate of drug-likeness (QED) is 0.216. The summed E-state index contributed by atoms with van der Waals surface area (Å²) in [4.78, 5) is 47.2. The van der Waals surface area contributed by atoms with Crippen molar-refractivity contribution < 1.29 is 27.6 Å². The Morgan fingerprint density at radius 2 is 1.60 bits per heavy atom. The summed E-state index contributed by atoms with van der Waals surface area (Å²) in [5.41, 5.74) is 7.13. The van der Waals surface area contributed by atoms with Gasteiger partial charge in [-0.3, -0.25) is 14.5 Å². The predicted octanol–water partition coefficient (Wildman–Crippen LogP) is 5.88. The molecular formula is C29H26F3N7O3. The van der Waals surface area contributed by atoms with Crippen LogP contribution in [0.5, 0.6) is 0 Å². The Morgan fingerprint density at radius 1 is 0.857 bits per heavy atom. The van der Waals surface area contributed by atoms with Gasteiger partial charge in [0.25, 0.3) is 11.8 Å². The molecule has 42 heavy (non-hydrogen) atoms. The summed E-state index contributed by atoms with van der Waals surface area (Å²) < 4.78 is 39.1. The monoisotopic (exact) mass is 577 g/mol. The number of carbonyl (C=O) groups excluding carboxylic acids is 3. The average molecular weight is 578 g/mol. The molecule has 10 nitrogen and oxygen atoms in total. The van der Waals surface area contributed by atoms with Crippen LogP contribution >= 0.6 is 0 Å². The summed E-state index contributed by atoms with van der Waals surface area (Å²) in [5.74, 6) is -0.813. The van der Waals surface area contributed by atoms with E-state index in [2.05, 4.69) is 25.9 Å². The smallest absolute Gasteiger partial charge is 0.366 e. The van der Waals surface area contributed by atoms with Gasteiger partial charge >= 0.3 is 12.2 Å². The Kier molecular flexibility index (Phi) is 8.41. The van der Waals surface area contributed by atoms with Crippen molar-refractivity contribution in [2.45, 2.75) is 20.0 Å². The normalized spacial score (nSPS) is 11.0. The number of halogens is 3. The van der Waals surface area contributed by atoms with Crippen LogP contribution in [0.4, 0.5) is 46.7 Å². The molecule has 3 aromatic carbocycles. The second-order valence-corrected chi connectivity index (χ2v) is 9.30. The summed E-state index contributed by atoms with van der Waals surface area (Å²) in [7, 11) is 1.48. The highest BCUT2D eigenvalue weighted by Gasteiger charge is 2.31. The maximum atomic E-state index is 13.1. The maximum absolute atomic E-state index is 13.1. The second kappa shape index (κ2) is 12.0. The van der Waals surface area contributed by atoms with E-state index in [1.165, 1.54) is 36.5 Å². The highest BCUT2D eigenvalue weighted by atomic mass is 19.4. The van der Waals surface area contributed by atoms with Gasteiger partial charge in [0.2, 0.25) is 0 Å². The number of aromatic nitrogens is 2. The van der Waals surface area contributed by atoms with Crippen LogP contribution in [-0.2, 0) is 6.18 Å². The number of nitrogens with zero attached hydrogens (tertiary/aromatic N) is 3. The first-order valence-corrected chi connectivity index (χ1v) is 12.5. The molecule has 4 aromatic rings. The molecule has 4 rings (SSSR count).